The van der Waals surface area contributed by atoms with Crippen molar-refractivity contribution in [1.82, 2.24) is 0 Å². The summed E-state index contributed by atoms with van der Waals surface area (Å²) in [6.07, 6.45) is -0.00201. The van der Waals surface area contributed by atoms with Crippen molar-refractivity contribution in [3.8, 4) is 0 Å². The van der Waals surface area contributed by atoms with Gasteiger partial charge < -0.3 is 4.74 Å². The molecular weight excluding hydrogens is 353 g/mol. The number of rotatable bonds is 6. The van der Waals surface area contributed by atoms with Gasteiger partial charge in [0.2, 0.25) is 0 Å². The van der Waals surface area contributed by atoms with E-state index >= 15 is 0 Å². The van der Waals surface area contributed by atoms with Crippen LogP contribution in [-0.2, 0) is 16.0 Å². The molecule has 5 nitrogen and oxygen atoms in total. The number of carbonyl (C=O) groups excluding carboxylic acids is 1. The lowest BCUT2D eigenvalue weighted by atomic mass is 9.96. The average Bonchev–Trinajstić information content (AvgIpc) is 2.55. The minimum absolute atomic E-state index is 0.00201. The Hall–Kier alpha value is -2.11. The number of hydrogen-bond donors (Lipinski definition) is 0. The second-order valence-electron chi connectivity index (χ2n) is 5.04. The summed E-state index contributed by atoms with van der Waals surface area (Å²) in [5.41, 5.74) is 1.74. The van der Waals surface area contributed by atoms with Gasteiger partial charge in [-0.3, -0.25) is 14.9 Å². The zero-order valence-corrected chi connectivity index (χ0v) is 14.4. The van der Waals surface area contributed by atoms with Crippen molar-refractivity contribution >= 4 is 34.9 Å². The Balaban J connectivity index is 2.42. The Morgan fingerprint density at radius 2 is 1.92 bits per heavy atom. The van der Waals surface area contributed by atoms with E-state index in [0.29, 0.717) is 16.1 Å². The largest absolute Gasteiger partial charge is 0.466 e. The number of carbonyl (C=O) groups is 1. The molecule has 24 heavy (non-hydrogen) atoms. The smallest absolute Gasteiger partial charge is 0.310 e. The van der Waals surface area contributed by atoms with Crippen molar-refractivity contribution in [2.45, 2.75) is 18.7 Å². The maximum atomic E-state index is 11.8. The van der Waals surface area contributed by atoms with E-state index in [1.807, 2.05) is 0 Å². The van der Waals surface area contributed by atoms with E-state index in [2.05, 4.69) is 0 Å². The van der Waals surface area contributed by atoms with Crippen molar-refractivity contribution in [2.75, 3.05) is 6.61 Å². The highest BCUT2D eigenvalue weighted by Gasteiger charge is 2.20. The number of halogens is 2. The quantitative estimate of drug-likeness (QED) is 0.321. The van der Waals surface area contributed by atoms with Crippen molar-refractivity contribution in [3.05, 3.63) is 74.3 Å². The zero-order chi connectivity index (χ0) is 17.7. The molecule has 0 aromatic heterocycles. The Bertz CT molecular complexity index is 747. The SMILES string of the molecule is CCOC(=O)Cc1ccc([N+](=O)[O-])cc1[C@H](Cl)c1ccc(Cl)cc1. The predicted molar refractivity (Wildman–Crippen MR) is 92.6 cm³/mol. The molecule has 2 aromatic carbocycles. The minimum Gasteiger partial charge on any atom is -0.466 e. The first-order valence-corrected chi connectivity index (χ1v) is 8.06. The van der Waals surface area contributed by atoms with Crippen molar-refractivity contribution in [1.29, 1.82) is 0 Å². The number of nitro benzene ring substituents is 1. The lowest BCUT2D eigenvalue weighted by molar-refractivity contribution is -0.384. The van der Waals surface area contributed by atoms with Gasteiger partial charge in [0.1, 0.15) is 0 Å². The number of nitrogens with zero attached hydrogens (tertiary/aromatic N) is 1. The molecule has 0 saturated carbocycles. The summed E-state index contributed by atoms with van der Waals surface area (Å²) < 4.78 is 4.95. The Morgan fingerprint density at radius 1 is 1.25 bits per heavy atom. The summed E-state index contributed by atoms with van der Waals surface area (Å²) >= 11 is 12.4. The van der Waals surface area contributed by atoms with Crippen LogP contribution in [0, 0.1) is 10.1 Å². The van der Waals surface area contributed by atoms with Gasteiger partial charge in [-0.05, 0) is 35.7 Å². The number of alkyl halides is 1. The Kier molecular flexibility index (Phi) is 6.17. The van der Waals surface area contributed by atoms with Gasteiger partial charge in [0.05, 0.1) is 23.3 Å². The van der Waals surface area contributed by atoms with E-state index in [0.717, 1.165) is 5.56 Å². The van der Waals surface area contributed by atoms with E-state index in [9.17, 15) is 14.9 Å². The zero-order valence-electron chi connectivity index (χ0n) is 12.9. The van der Waals surface area contributed by atoms with Gasteiger partial charge in [-0.15, -0.1) is 11.6 Å². The first-order valence-electron chi connectivity index (χ1n) is 7.24. The first kappa shape index (κ1) is 18.2. The normalized spacial score (nSPS) is 11.8. The van der Waals surface area contributed by atoms with Crippen molar-refractivity contribution in [2.24, 2.45) is 0 Å². The molecular formula is C17H15Cl2NO4. The molecule has 7 heteroatoms. The number of nitro groups is 1. The third-order valence-electron chi connectivity index (χ3n) is 3.42. The standard InChI is InChI=1S/C17H15Cl2NO4/c1-2-24-16(21)9-12-5-8-14(20(22)23)10-15(12)17(19)11-3-6-13(18)7-4-11/h3-8,10,17H,2,9H2,1H3/t17-/m1/s1. The van der Waals surface area contributed by atoms with E-state index < -0.39 is 16.3 Å². The molecule has 0 N–H and O–H groups in total. The highest BCUT2D eigenvalue weighted by molar-refractivity contribution is 6.30. The number of non-ortho nitro benzene ring substituents is 1. The lowest BCUT2D eigenvalue weighted by Crippen LogP contribution is -2.10. The molecule has 0 saturated heterocycles. The van der Waals surface area contributed by atoms with Gasteiger partial charge in [0.15, 0.2) is 0 Å². The molecule has 0 unspecified atom stereocenters. The number of hydrogen-bond acceptors (Lipinski definition) is 4. The van der Waals surface area contributed by atoms with Crippen molar-refractivity contribution < 1.29 is 14.5 Å². The first-order chi connectivity index (χ1) is 11.4. The van der Waals surface area contributed by atoms with Gasteiger partial charge in [0.25, 0.3) is 5.69 Å². The maximum Gasteiger partial charge on any atom is 0.310 e. The summed E-state index contributed by atoms with van der Waals surface area (Å²) in [5, 5.41) is 11.0. The second-order valence-corrected chi connectivity index (χ2v) is 5.91. The van der Waals surface area contributed by atoms with E-state index in [1.54, 1.807) is 31.2 Å². The molecule has 0 aliphatic heterocycles. The van der Waals surface area contributed by atoms with Gasteiger partial charge in [0, 0.05) is 17.2 Å². The van der Waals surface area contributed by atoms with Gasteiger partial charge in [-0.2, -0.15) is 0 Å². The fourth-order valence-electron chi connectivity index (χ4n) is 2.27. The second kappa shape index (κ2) is 8.13. The van der Waals surface area contributed by atoms with Crippen LogP contribution in [0.3, 0.4) is 0 Å². The van der Waals surface area contributed by atoms with Crippen LogP contribution in [0.2, 0.25) is 5.02 Å². The summed E-state index contributed by atoms with van der Waals surface area (Å²) in [6, 6.07) is 11.1. The van der Waals surface area contributed by atoms with Gasteiger partial charge in [-0.1, -0.05) is 29.8 Å². The Morgan fingerprint density at radius 3 is 2.50 bits per heavy atom. The molecule has 2 aromatic rings. The highest BCUT2D eigenvalue weighted by atomic mass is 35.5. The minimum atomic E-state index is -0.647. The summed E-state index contributed by atoms with van der Waals surface area (Å²) in [5.74, 6) is -0.410. The molecule has 0 amide bonds. The van der Waals surface area contributed by atoms with Crippen LogP contribution in [0.5, 0.6) is 0 Å². The molecule has 0 spiro atoms. The highest BCUT2D eigenvalue weighted by Crippen LogP contribution is 2.34. The van der Waals surface area contributed by atoms with Crippen LogP contribution in [0.1, 0.15) is 29.0 Å². The van der Waals surface area contributed by atoms with E-state index in [1.165, 1.54) is 18.2 Å². The van der Waals surface area contributed by atoms with Crippen LogP contribution in [0.15, 0.2) is 42.5 Å². The van der Waals surface area contributed by atoms with Gasteiger partial charge >= 0.3 is 5.97 Å². The van der Waals surface area contributed by atoms with E-state index in [-0.39, 0.29) is 18.7 Å². The number of ether oxygens (including phenoxy) is 1. The summed E-state index contributed by atoms with van der Waals surface area (Å²) in [6.45, 7) is 1.98. The number of benzene rings is 2. The fourth-order valence-corrected chi connectivity index (χ4v) is 2.75. The van der Waals surface area contributed by atoms with Crippen molar-refractivity contribution in [3.63, 3.8) is 0 Å². The maximum absolute atomic E-state index is 11.8. The van der Waals surface area contributed by atoms with E-state index in [4.69, 9.17) is 27.9 Å². The fraction of sp³-hybridized carbons (Fsp3) is 0.235. The third-order valence-corrected chi connectivity index (χ3v) is 4.16. The third kappa shape index (κ3) is 4.46. The van der Waals surface area contributed by atoms with Crippen LogP contribution >= 0.6 is 23.2 Å². The lowest BCUT2D eigenvalue weighted by Gasteiger charge is -2.15. The average molecular weight is 368 g/mol. The molecule has 0 radical (unpaired) electrons. The van der Waals surface area contributed by atoms with Gasteiger partial charge in [-0.25, -0.2) is 0 Å². The molecule has 0 fully saturated rings. The molecule has 2 rings (SSSR count). The topological polar surface area (TPSA) is 69.4 Å². The molecule has 126 valence electrons. The molecule has 1 atom stereocenters. The summed E-state index contributed by atoms with van der Waals surface area (Å²) in [4.78, 5) is 22.3. The van der Waals surface area contributed by atoms with Crippen LogP contribution in [0.25, 0.3) is 0 Å². The molecule has 0 bridgehead atoms. The predicted octanol–water partition coefficient (Wildman–Crippen LogP) is 4.68. The van der Waals surface area contributed by atoms with Crippen LogP contribution < -0.4 is 0 Å². The summed E-state index contributed by atoms with van der Waals surface area (Å²) in [7, 11) is 0. The molecule has 0 heterocycles. The Labute approximate surface area is 149 Å². The molecule has 0 aliphatic rings. The van der Waals surface area contributed by atoms with Crippen LogP contribution in [0.4, 0.5) is 5.69 Å². The monoisotopic (exact) mass is 367 g/mol. The number of esters is 1. The van der Waals surface area contributed by atoms with Crippen LogP contribution in [-0.4, -0.2) is 17.5 Å². The molecule has 0 aliphatic carbocycles.